The third-order valence-electron chi connectivity index (χ3n) is 8.16. The molecule has 0 aliphatic carbocycles. The van der Waals surface area contributed by atoms with Crippen LogP contribution in [0.15, 0.2) is 121 Å². The van der Waals surface area contributed by atoms with Gasteiger partial charge in [0.05, 0.1) is 33.0 Å². The molecule has 1 aliphatic heterocycles. The number of carboxylic acid groups (broad SMARTS) is 1. The van der Waals surface area contributed by atoms with Crippen LogP contribution in [0.3, 0.4) is 0 Å². The quantitative estimate of drug-likeness (QED) is 0.0990. The zero-order valence-electron chi connectivity index (χ0n) is 27.3. The Labute approximate surface area is 283 Å². The largest absolute Gasteiger partial charge is 0.481 e. The second-order valence-corrected chi connectivity index (χ2v) is 11.9. The van der Waals surface area contributed by atoms with Crippen molar-refractivity contribution in [2.75, 3.05) is 13.2 Å². The van der Waals surface area contributed by atoms with Gasteiger partial charge in [-0.1, -0.05) is 128 Å². The van der Waals surface area contributed by atoms with Crippen LogP contribution in [0.25, 0.3) is 0 Å². The highest BCUT2D eigenvalue weighted by atomic mass is 16.7. The van der Waals surface area contributed by atoms with Gasteiger partial charge in [0, 0.05) is 13.0 Å². The zero-order chi connectivity index (χ0) is 33.2. The number of benzene rings is 4. The standard InChI is InChI=1S/C40H46O8/c41-36(42)24-14-5-15-25-44-40-39(47-29-34-22-12-4-13-23-34)38(46-28-33-20-10-3-11-21-33)37(45-27-32-18-8-2-9-19-32)35(48-40)30-43-26-31-16-6-1-7-17-31/h1-4,6-13,16-23,35,37-40H,5,14-15,24-30H2,(H,41,42)/t35-,37-,38+,39-,40+/m1/s1. The van der Waals surface area contributed by atoms with Crippen LogP contribution in [0, 0.1) is 0 Å². The molecule has 5 atom stereocenters. The van der Waals surface area contributed by atoms with Crippen LogP contribution in [-0.2, 0) is 59.6 Å². The molecule has 254 valence electrons. The molecule has 8 nitrogen and oxygen atoms in total. The smallest absolute Gasteiger partial charge is 0.303 e. The minimum atomic E-state index is -0.792. The van der Waals surface area contributed by atoms with Crippen molar-refractivity contribution in [3.8, 4) is 0 Å². The minimum Gasteiger partial charge on any atom is -0.481 e. The molecule has 48 heavy (non-hydrogen) atoms. The first-order valence-corrected chi connectivity index (χ1v) is 16.7. The predicted molar refractivity (Wildman–Crippen MR) is 182 cm³/mol. The van der Waals surface area contributed by atoms with E-state index in [0.717, 1.165) is 28.7 Å². The molecule has 0 unspecified atom stereocenters. The molecule has 1 N–H and O–H groups in total. The topological polar surface area (TPSA) is 92.7 Å². The van der Waals surface area contributed by atoms with Gasteiger partial charge in [0.25, 0.3) is 0 Å². The molecule has 5 rings (SSSR count). The molecule has 4 aromatic carbocycles. The minimum absolute atomic E-state index is 0.138. The number of carboxylic acids is 1. The molecule has 1 saturated heterocycles. The lowest BCUT2D eigenvalue weighted by molar-refractivity contribution is -0.328. The van der Waals surface area contributed by atoms with Gasteiger partial charge < -0.3 is 33.5 Å². The summed E-state index contributed by atoms with van der Waals surface area (Å²) in [5.74, 6) is -0.792. The molecule has 1 heterocycles. The summed E-state index contributed by atoms with van der Waals surface area (Å²) in [4.78, 5) is 11.0. The van der Waals surface area contributed by atoms with Gasteiger partial charge in [-0.15, -0.1) is 0 Å². The first-order valence-electron chi connectivity index (χ1n) is 16.7. The van der Waals surface area contributed by atoms with Crippen LogP contribution in [0.4, 0.5) is 0 Å². The summed E-state index contributed by atoms with van der Waals surface area (Å²) in [6, 6.07) is 40.1. The van der Waals surface area contributed by atoms with Crippen LogP contribution >= 0.6 is 0 Å². The molecular formula is C40H46O8. The van der Waals surface area contributed by atoms with Crippen molar-refractivity contribution in [1.82, 2.24) is 0 Å². The molecule has 4 aromatic rings. The molecule has 1 aliphatic rings. The molecule has 0 aromatic heterocycles. The molecule has 0 radical (unpaired) electrons. The molecule has 0 amide bonds. The average molecular weight is 655 g/mol. The number of hydrogen-bond donors (Lipinski definition) is 1. The summed E-state index contributed by atoms with van der Waals surface area (Å²) in [5, 5.41) is 9.03. The van der Waals surface area contributed by atoms with E-state index in [9.17, 15) is 4.79 Å². The fourth-order valence-corrected chi connectivity index (χ4v) is 5.64. The summed E-state index contributed by atoms with van der Waals surface area (Å²) in [6.07, 6.45) is -0.867. The maximum absolute atomic E-state index is 11.0. The van der Waals surface area contributed by atoms with Crippen molar-refractivity contribution in [2.24, 2.45) is 0 Å². The lowest BCUT2D eigenvalue weighted by Crippen LogP contribution is -2.61. The van der Waals surface area contributed by atoms with Crippen LogP contribution in [0.2, 0.25) is 0 Å². The third-order valence-corrected chi connectivity index (χ3v) is 8.16. The highest BCUT2D eigenvalue weighted by Crippen LogP contribution is 2.32. The Balaban J connectivity index is 1.39. The highest BCUT2D eigenvalue weighted by Gasteiger charge is 2.49. The van der Waals surface area contributed by atoms with E-state index in [-0.39, 0.29) is 13.0 Å². The van der Waals surface area contributed by atoms with Gasteiger partial charge in [-0.05, 0) is 35.1 Å². The van der Waals surface area contributed by atoms with Gasteiger partial charge in [-0.25, -0.2) is 0 Å². The average Bonchev–Trinajstić information content (AvgIpc) is 3.12. The van der Waals surface area contributed by atoms with Crippen LogP contribution in [0.5, 0.6) is 0 Å². The molecular weight excluding hydrogens is 608 g/mol. The lowest BCUT2D eigenvalue weighted by atomic mass is 9.97. The van der Waals surface area contributed by atoms with Crippen molar-refractivity contribution < 1.29 is 38.3 Å². The van der Waals surface area contributed by atoms with Crippen molar-refractivity contribution in [1.29, 1.82) is 0 Å². The van der Waals surface area contributed by atoms with E-state index in [1.165, 1.54) is 0 Å². The number of ether oxygens (including phenoxy) is 6. The molecule has 1 fully saturated rings. The number of rotatable bonds is 20. The normalized spacial score (nSPS) is 20.8. The van der Waals surface area contributed by atoms with Crippen molar-refractivity contribution in [3.05, 3.63) is 144 Å². The number of carbonyl (C=O) groups is 1. The zero-order valence-corrected chi connectivity index (χ0v) is 27.3. The van der Waals surface area contributed by atoms with E-state index in [1.54, 1.807) is 0 Å². The van der Waals surface area contributed by atoms with Crippen molar-refractivity contribution >= 4 is 5.97 Å². The molecule has 0 spiro atoms. The SMILES string of the molecule is O=C(O)CCCCCO[C@H]1O[C@H](COCc2ccccc2)[C@@H](OCc2ccccc2)[C@H](OCc2ccccc2)[C@H]1OCc1ccccc1. The summed E-state index contributed by atoms with van der Waals surface area (Å²) in [5.41, 5.74) is 4.14. The Morgan fingerprint density at radius 3 is 1.50 bits per heavy atom. The first kappa shape index (κ1) is 35.4. The number of hydrogen-bond acceptors (Lipinski definition) is 7. The highest BCUT2D eigenvalue weighted by molar-refractivity contribution is 5.66. The van der Waals surface area contributed by atoms with Gasteiger partial charge >= 0.3 is 5.97 Å². The second-order valence-electron chi connectivity index (χ2n) is 11.9. The van der Waals surface area contributed by atoms with Gasteiger partial charge in [0.1, 0.15) is 24.4 Å². The van der Waals surface area contributed by atoms with Gasteiger partial charge in [0.2, 0.25) is 0 Å². The molecule has 0 bridgehead atoms. The fraction of sp³-hybridized carbons (Fsp3) is 0.375. The van der Waals surface area contributed by atoms with E-state index >= 15 is 0 Å². The van der Waals surface area contributed by atoms with E-state index < -0.39 is 36.7 Å². The Morgan fingerprint density at radius 2 is 1.00 bits per heavy atom. The van der Waals surface area contributed by atoms with E-state index in [4.69, 9.17) is 33.5 Å². The Hall–Kier alpha value is -3.89. The first-order chi connectivity index (χ1) is 23.7. The van der Waals surface area contributed by atoms with Crippen LogP contribution < -0.4 is 0 Å². The van der Waals surface area contributed by atoms with E-state index in [1.807, 2.05) is 121 Å². The Morgan fingerprint density at radius 1 is 0.542 bits per heavy atom. The van der Waals surface area contributed by atoms with E-state index in [2.05, 4.69) is 0 Å². The number of aliphatic carboxylic acids is 1. The Kier molecular flexibility index (Phi) is 14.6. The summed E-state index contributed by atoms with van der Waals surface area (Å²) < 4.78 is 39.3. The maximum atomic E-state index is 11.0. The summed E-state index contributed by atoms with van der Waals surface area (Å²) >= 11 is 0. The van der Waals surface area contributed by atoms with Gasteiger partial charge in [0.15, 0.2) is 6.29 Å². The predicted octanol–water partition coefficient (Wildman–Crippen LogP) is 7.35. The Bertz CT molecular complexity index is 1440. The molecule has 8 heteroatoms. The van der Waals surface area contributed by atoms with Crippen molar-refractivity contribution in [3.63, 3.8) is 0 Å². The molecule has 0 saturated carbocycles. The van der Waals surface area contributed by atoms with Crippen LogP contribution in [-0.4, -0.2) is 55.0 Å². The second kappa shape index (κ2) is 19.8. The van der Waals surface area contributed by atoms with Gasteiger partial charge in [-0.3, -0.25) is 4.79 Å². The number of unbranched alkanes of at least 4 members (excludes halogenated alkanes) is 2. The lowest BCUT2D eigenvalue weighted by Gasteiger charge is -2.46. The maximum Gasteiger partial charge on any atom is 0.303 e. The fourth-order valence-electron chi connectivity index (χ4n) is 5.64. The third kappa shape index (κ3) is 11.7. The van der Waals surface area contributed by atoms with Gasteiger partial charge in [-0.2, -0.15) is 0 Å². The summed E-state index contributed by atoms with van der Waals surface area (Å²) in [7, 11) is 0. The van der Waals surface area contributed by atoms with Crippen molar-refractivity contribution in [2.45, 2.75) is 82.8 Å². The van der Waals surface area contributed by atoms with Crippen LogP contribution in [0.1, 0.15) is 47.9 Å². The monoisotopic (exact) mass is 654 g/mol. The summed E-state index contributed by atoms with van der Waals surface area (Å²) in [6.45, 7) is 2.10. The van der Waals surface area contributed by atoms with E-state index in [0.29, 0.717) is 45.9 Å².